The van der Waals surface area contributed by atoms with Crippen LogP contribution in [0.5, 0.6) is 5.75 Å². The molecule has 0 aliphatic heterocycles. The van der Waals surface area contributed by atoms with E-state index < -0.39 is 0 Å². The first kappa shape index (κ1) is 17.4. The quantitative estimate of drug-likeness (QED) is 0.797. The number of hydrogen-bond acceptors (Lipinski definition) is 3. The molecule has 2 N–H and O–H groups in total. The first-order valence-electron chi connectivity index (χ1n) is 7.17. The molecule has 1 amide bonds. The Kier molecular flexibility index (Phi) is 6.56. The lowest BCUT2D eigenvalue weighted by molar-refractivity contribution is -0.119. The highest BCUT2D eigenvalue weighted by Crippen LogP contribution is 2.25. The first-order chi connectivity index (χ1) is 11.1. The van der Waals surface area contributed by atoms with Crippen LogP contribution in [0.3, 0.4) is 0 Å². The molecule has 0 radical (unpaired) electrons. The molecule has 0 saturated heterocycles. The third kappa shape index (κ3) is 5.34. The standard InChI is InChI=1S/C17H18Cl2N2O2/c1-23-16-5-3-2-4-12(16)8-9-20-17(22)11-21-15-10-13(18)6-7-14(15)19/h2-7,10,21H,8-9,11H2,1H3,(H,20,22). The van der Waals surface area contributed by atoms with E-state index in [4.69, 9.17) is 27.9 Å². The number of para-hydroxylation sites is 1. The van der Waals surface area contributed by atoms with Crippen LogP contribution < -0.4 is 15.4 Å². The topological polar surface area (TPSA) is 50.4 Å². The smallest absolute Gasteiger partial charge is 0.239 e. The fraction of sp³-hybridized carbons (Fsp3) is 0.235. The largest absolute Gasteiger partial charge is 0.496 e. The predicted octanol–water partition coefficient (Wildman–Crippen LogP) is 3.77. The van der Waals surface area contributed by atoms with Gasteiger partial charge in [0.25, 0.3) is 0 Å². The summed E-state index contributed by atoms with van der Waals surface area (Å²) >= 11 is 11.9. The Morgan fingerprint density at radius 2 is 1.96 bits per heavy atom. The van der Waals surface area contributed by atoms with Crippen molar-refractivity contribution in [2.45, 2.75) is 6.42 Å². The molecule has 2 rings (SSSR count). The molecule has 0 aromatic heterocycles. The van der Waals surface area contributed by atoms with Crippen LogP contribution >= 0.6 is 23.2 Å². The highest BCUT2D eigenvalue weighted by atomic mass is 35.5. The molecule has 0 spiro atoms. The highest BCUT2D eigenvalue weighted by molar-refractivity contribution is 6.35. The Morgan fingerprint density at radius 1 is 1.17 bits per heavy atom. The predicted molar refractivity (Wildman–Crippen MR) is 94.7 cm³/mol. The van der Waals surface area contributed by atoms with E-state index in [1.165, 1.54) is 0 Å². The van der Waals surface area contributed by atoms with Crippen LogP contribution in [0.15, 0.2) is 42.5 Å². The van der Waals surface area contributed by atoms with Crippen molar-refractivity contribution in [1.82, 2.24) is 5.32 Å². The second-order valence-electron chi connectivity index (χ2n) is 4.89. The molecule has 23 heavy (non-hydrogen) atoms. The fourth-order valence-corrected chi connectivity index (χ4v) is 2.47. The monoisotopic (exact) mass is 352 g/mol. The van der Waals surface area contributed by atoms with E-state index >= 15 is 0 Å². The minimum absolute atomic E-state index is 0.115. The SMILES string of the molecule is COc1ccccc1CCNC(=O)CNc1cc(Cl)ccc1Cl. The summed E-state index contributed by atoms with van der Waals surface area (Å²) in [7, 11) is 1.63. The molecule has 4 nitrogen and oxygen atoms in total. The molecule has 2 aromatic carbocycles. The average Bonchev–Trinajstić information content (AvgIpc) is 2.56. The Morgan fingerprint density at radius 3 is 2.74 bits per heavy atom. The van der Waals surface area contributed by atoms with Crippen LogP contribution in [0.4, 0.5) is 5.69 Å². The Hall–Kier alpha value is -1.91. The van der Waals surface area contributed by atoms with E-state index in [2.05, 4.69) is 10.6 Å². The summed E-state index contributed by atoms with van der Waals surface area (Å²) in [5.74, 6) is 0.710. The molecular weight excluding hydrogens is 335 g/mol. The zero-order chi connectivity index (χ0) is 16.7. The lowest BCUT2D eigenvalue weighted by Gasteiger charge is -2.11. The number of ether oxygens (including phenoxy) is 1. The molecule has 2 aromatic rings. The Bertz CT molecular complexity index is 677. The summed E-state index contributed by atoms with van der Waals surface area (Å²) in [4.78, 5) is 11.9. The lowest BCUT2D eigenvalue weighted by atomic mass is 10.1. The molecule has 0 aliphatic rings. The molecule has 6 heteroatoms. The van der Waals surface area contributed by atoms with E-state index in [1.54, 1.807) is 25.3 Å². The van der Waals surface area contributed by atoms with Crippen molar-refractivity contribution in [1.29, 1.82) is 0 Å². The van der Waals surface area contributed by atoms with Crippen LogP contribution in [-0.4, -0.2) is 26.1 Å². The van der Waals surface area contributed by atoms with Crippen LogP contribution in [0.1, 0.15) is 5.56 Å². The van der Waals surface area contributed by atoms with Crippen molar-refractivity contribution in [2.75, 3.05) is 25.5 Å². The molecule has 0 aliphatic carbocycles. The molecular formula is C17H18Cl2N2O2. The lowest BCUT2D eigenvalue weighted by Crippen LogP contribution is -2.31. The van der Waals surface area contributed by atoms with Crippen molar-refractivity contribution >= 4 is 34.8 Å². The van der Waals surface area contributed by atoms with Gasteiger partial charge < -0.3 is 15.4 Å². The van der Waals surface area contributed by atoms with Crippen LogP contribution in [0.25, 0.3) is 0 Å². The van der Waals surface area contributed by atoms with Crippen molar-refractivity contribution < 1.29 is 9.53 Å². The number of rotatable bonds is 7. The van der Waals surface area contributed by atoms with Gasteiger partial charge in [0.1, 0.15) is 5.75 Å². The van der Waals surface area contributed by atoms with Gasteiger partial charge in [-0.2, -0.15) is 0 Å². The van der Waals surface area contributed by atoms with E-state index in [0.29, 0.717) is 28.7 Å². The second kappa shape index (κ2) is 8.65. The van der Waals surface area contributed by atoms with Gasteiger partial charge in [0.15, 0.2) is 0 Å². The number of carbonyl (C=O) groups excluding carboxylic acids is 1. The summed E-state index contributed by atoms with van der Waals surface area (Å²) in [6, 6.07) is 12.8. The highest BCUT2D eigenvalue weighted by Gasteiger charge is 2.06. The number of methoxy groups -OCH3 is 1. The minimum Gasteiger partial charge on any atom is -0.496 e. The van der Waals surface area contributed by atoms with Crippen LogP contribution in [0.2, 0.25) is 10.0 Å². The summed E-state index contributed by atoms with van der Waals surface area (Å²) < 4.78 is 5.28. The van der Waals surface area contributed by atoms with E-state index in [-0.39, 0.29) is 12.5 Å². The number of anilines is 1. The number of halogens is 2. The normalized spacial score (nSPS) is 10.2. The van der Waals surface area contributed by atoms with Gasteiger partial charge in [-0.25, -0.2) is 0 Å². The summed E-state index contributed by atoms with van der Waals surface area (Å²) in [6.07, 6.45) is 0.702. The Balaban J connectivity index is 1.78. The summed E-state index contributed by atoms with van der Waals surface area (Å²) in [5, 5.41) is 6.91. The molecule has 0 fully saturated rings. The van der Waals surface area contributed by atoms with Gasteiger partial charge in [0, 0.05) is 11.6 Å². The summed E-state index contributed by atoms with van der Waals surface area (Å²) in [5.41, 5.74) is 1.69. The fourth-order valence-electron chi connectivity index (χ4n) is 2.12. The van der Waals surface area contributed by atoms with Gasteiger partial charge in [-0.1, -0.05) is 41.4 Å². The molecule has 122 valence electrons. The minimum atomic E-state index is -0.115. The third-order valence-corrected chi connectivity index (χ3v) is 3.84. The van der Waals surface area contributed by atoms with Gasteiger partial charge in [0.05, 0.1) is 24.4 Å². The zero-order valence-electron chi connectivity index (χ0n) is 12.7. The molecule has 0 atom stereocenters. The number of amides is 1. The number of hydrogen-bond donors (Lipinski definition) is 2. The summed E-state index contributed by atoms with van der Waals surface area (Å²) in [6.45, 7) is 0.663. The Labute approximate surface area is 145 Å². The van der Waals surface area contributed by atoms with Gasteiger partial charge in [0.2, 0.25) is 5.91 Å². The van der Waals surface area contributed by atoms with Gasteiger partial charge >= 0.3 is 0 Å². The van der Waals surface area contributed by atoms with Crippen LogP contribution in [0, 0.1) is 0 Å². The number of benzene rings is 2. The number of nitrogens with one attached hydrogen (secondary N) is 2. The zero-order valence-corrected chi connectivity index (χ0v) is 14.2. The number of carbonyl (C=O) groups is 1. The van der Waals surface area contributed by atoms with Crippen molar-refractivity contribution in [2.24, 2.45) is 0 Å². The van der Waals surface area contributed by atoms with Crippen LogP contribution in [-0.2, 0) is 11.2 Å². The molecule has 0 heterocycles. The van der Waals surface area contributed by atoms with E-state index in [1.807, 2.05) is 24.3 Å². The maximum Gasteiger partial charge on any atom is 0.239 e. The molecule has 0 unspecified atom stereocenters. The van der Waals surface area contributed by atoms with Crippen molar-refractivity contribution in [3.05, 3.63) is 58.1 Å². The van der Waals surface area contributed by atoms with Crippen molar-refractivity contribution in [3.63, 3.8) is 0 Å². The first-order valence-corrected chi connectivity index (χ1v) is 7.93. The van der Waals surface area contributed by atoms with Crippen molar-refractivity contribution in [3.8, 4) is 5.75 Å². The maximum atomic E-state index is 11.9. The third-order valence-electron chi connectivity index (χ3n) is 3.28. The second-order valence-corrected chi connectivity index (χ2v) is 5.73. The van der Waals surface area contributed by atoms with E-state index in [0.717, 1.165) is 11.3 Å². The molecule has 0 bridgehead atoms. The average molecular weight is 353 g/mol. The molecule has 0 saturated carbocycles. The van der Waals surface area contributed by atoms with Gasteiger partial charge in [-0.15, -0.1) is 0 Å². The maximum absolute atomic E-state index is 11.9. The van der Waals surface area contributed by atoms with E-state index in [9.17, 15) is 4.79 Å². The van der Waals surface area contributed by atoms with Gasteiger partial charge in [-0.3, -0.25) is 4.79 Å². The van der Waals surface area contributed by atoms with Gasteiger partial charge in [-0.05, 0) is 36.2 Å².